The number of rotatable bonds is 6. The Labute approximate surface area is 164 Å². The first kappa shape index (κ1) is 19.3. The SMILES string of the molecule is CC(=O)Nc1ccc(NC(=O)Cn2ccc(-c3ccc(C(=O)NO)s3)n2)cc1. The second kappa shape index (κ2) is 8.46. The minimum Gasteiger partial charge on any atom is -0.326 e. The normalized spacial score (nSPS) is 10.4. The summed E-state index contributed by atoms with van der Waals surface area (Å²) < 4.78 is 1.49. The summed E-state index contributed by atoms with van der Waals surface area (Å²) in [6, 6.07) is 11.8. The van der Waals surface area contributed by atoms with Crippen LogP contribution in [0.25, 0.3) is 10.6 Å². The highest BCUT2D eigenvalue weighted by molar-refractivity contribution is 7.17. The Balaban J connectivity index is 1.60. The molecule has 3 aromatic rings. The number of nitrogens with zero attached hydrogens (tertiary/aromatic N) is 2. The maximum atomic E-state index is 12.2. The summed E-state index contributed by atoms with van der Waals surface area (Å²) in [6.45, 7) is 1.44. The Morgan fingerprint density at radius 1 is 1.04 bits per heavy atom. The summed E-state index contributed by atoms with van der Waals surface area (Å²) in [4.78, 5) is 35.7. The van der Waals surface area contributed by atoms with Crippen LogP contribution >= 0.6 is 11.3 Å². The maximum absolute atomic E-state index is 12.2. The van der Waals surface area contributed by atoms with Gasteiger partial charge < -0.3 is 10.6 Å². The van der Waals surface area contributed by atoms with Crippen molar-refractivity contribution >= 4 is 40.4 Å². The van der Waals surface area contributed by atoms with E-state index in [1.807, 2.05) is 0 Å². The molecule has 0 saturated heterocycles. The van der Waals surface area contributed by atoms with Gasteiger partial charge in [-0.3, -0.25) is 24.3 Å². The lowest BCUT2D eigenvalue weighted by Gasteiger charge is -2.07. The van der Waals surface area contributed by atoms with Crippen LogP contribution in [0.5, 0.6) is 0 Å². The number of thiophene rings is 1. The van der Waals surface area contributed by atoms with Gasteiger partial charge in [0.15, 0.2) is 0 Å². The second-order valence-electron chi connectivity index (χ2n) is 5.81. The van der Waals surface area contributed by atoms with Gasteiger partial charge in [-0.1, -0.05) is 0 Å². The van der Waals surface area contributed by atoms with Crippen molar-refractivity contribution in [3.05, 3.63) is 53.5 Å². The number of nitrogens with one attached hydrogen (secondary N) is 3. The Kier molecular flexibility index (Phi) is 5.82. The number of anilines is 2. The maximum Gasteiger partial charge on any atom is 0.284 e. The summed E-state index contributed by atoms with van der Waals surface area (Å²) in [5.74, 6) is -1.01. The molecule has 4 N–H and O–H groups in total. The fourth-order valence-corrected chi connectivity index (χ4v) is 3.28. The molecule has 1 aromatic carbocycles. The zero-order valence-electron chi connectivity index (χ0n) is 14.8. The number of carbonyl (C=O) groups is 3. The van der Waals surface area contributed by atoms with E-state index in [0.29, 0.717) is 21.9 Å². The first-order valence-electron chi connectivity index (χ1n) is 8.20. The summed E-state index contributed by atoms with van der Waals surface area (Å²) in [7, 11) is 0. The summed E-state index contributed by atoms with van der Waals surface area (Å²) in [6.07, 6.45) is 1.67. The zero-order chi connectivity index (χ0) is 20.1. The van der Waals surface area contributed by atoms with Crippen LogP contribution in [0.2, 0.25) is 0 Å². The van der Waals surface area contributed by atoms with Crippen LogP contribution in [0, 0.1) is 0 Å². The molecule has 10 heteroatoms. The van der Waals surface area contributed by atoms with Gasteiger partial charge in [-0.2, -0.15) is 5.10 Å². The predicted molar refractivity (Wildman–Crippen MR) is 104 cm³/mol. The first-order chi connectivity index (χ1) is 13.4. The molecule has 0 aliphatic rings. The van der Waals surface area contributed by atoms with Crippen LogP contribution in [0.3, 0.4) is 0 Å². The lowest BCUT2D eigenvalue weighted by atomic mass is 10.2. The minimum atomic E-state index is -0.584. The number of benzene rings is 1. The third kappa shape index (κ3) is 4.81. The first-order valence-corrected chi connectivity index (χ1v) is 9.02. The number of hydrogen-bond acceptors (Lipinski definition) is 6. The largest absolute Gasteiger partial charge is 0.326 e. The summed E-state index contributed by atoms with van der Waals surface area (Å²) in [5, 5.41) is 18.4. The van der Waals surface area contributed by atoms with Gasteiger partial charge in [0.1, 0.15) is 12.2 Å². The minimum absolute atomic E-state index is 0.0167. The van der Waals surface area contributed by atoms with Crippen molar-refractivity contribution in [1.82, 2.24) is 15.3 Å². The third-order valence-corrected chi connectivity index (χ3v) is 4.73. The molecule has 0 aliphatic carbocycles. The van der Waals surface area contributed by atoms with Gasteiger partial charge in [-0.15, -0.1) is 11.3 Å². The van der Waals surface area contributed by atoms with E-state index in [-0.39, 0.29) is 18.4 Å². The Hall–Kier alpha value is -3.50. The molecule has 3 amide bonds. The quantitative estimate of drug-likeness (QED) is 0.374. The molecule has 0 aliphatic heterocycles. The Morgan fingerprint density at radius 3 is 2.36 bits per heavy atom. The van der Waals surface area contributed by atoms with Gasteiger partial charge in [-0.25, -0.2) is 5.48 Å². The molecule has 3 rings (SSSR count). The average Bonchev–Trinajstić information content (AvgIpc) is 3.31. The van der Waals surface area contributed by atoms with E-state index in [1.165, 1.54) is 22.9 Å². The van der Waals surface area contributed by atoms with E-state index in [0.717, 1.165) is 4.88 Å². The molecular formula is C18H17N5O4S. The molecule has 0 fully saturated rings. The van der Waals surface area contributed by atoms with Crippen molar-refractivity contribution in [1.29, 1.82) is 0 Å². The van der Waals surface area contributed by atoms with Gasteiger partial charge in [0.25, 0.3) is 5.91 Å². The molecular weight excluding hydrogens is 382 g/mol. The molecule has 28 heavy (non-hydrogen) atoms. The average molecular weight is 399 g/mol. The van der Waals surface area contributed by atoms with Crippen LogP contribution in [0.4, 0.5) is 11.4 Å². The van der Waals surface area contributed by atoms with Crippen molar-refractivity contribution < 1.29 is 19.6 Å². The van der Waals surface area contributed by atoms with Crippen molar-refractivity contribution in [2.45, 2.75) is 13.5 Å². The summed E-state index contributed by atoms with van der Waals surface area (Å²) >= 11 is 1.18. The standard InChI is InChI=1S/C18H17N5O4S/c1-11(24)19-12-2-4-13(5-3-12)20-17(25)10-23-9-8-14(21-23)15-6-7-16(28-15)18(26)22-27/h2-9,27H,10H2,1H3,(H,19,24)(H,20,25)(H,22,26). The summed E-state index contributed by atoms with van der Waals surface area (Å²) in [5.41, 5.74) is 3.45. The van der Waals surface area contributed by atoms with Crippen LogP contribution in [-0.2, 0) is 16.1 Å². The Bertz CT molecular complexity index is 1010. The zero-order valence-corrected chi connectivity index (χ0v) is 15.6. The van der Waals surface area contributed by atoms with Crippen LogP contribution in [0.15, 0.2) is 48.7 Å². The fourth-order valence-electron chi connectivity index (χ4n) is 2.42. The molecule has 0 atom stereocenters. The van der Waals surface area contributed by atoms with E-state index in [1.54, 1.807) is 54.1 Å². The van der Waals surface area contributed by atoms with Gasteiger partial charge in [0.05, 0.1) is 9.75 Å². The van der Waals surface area contributed by atoms with E-state index in [9.17, 15) is 14.4 Å². The van der Waals surface area contributed by atoms with Crippen molar-refractivity contribution in [2.75, 3.05) is 10.6 Å². The van der Waals surface area contributed by atoms with E-state index in [2.05, 4.69) is 15.7 Å². The van der Waals surface area contributed by atoms with Crippen molar-refractivity contribution in [3.63, 3.8) is 0 Å². The predicted octanol–water partition coefficient (Wildman–Crippen LogP) is 2.33. The molecule has 2 heterocycles. The van der Waals surface area contributed by atoms with Crippen LogP contribution in [-0.4, -0.2) is 32.7 Å². The van der Waals surface area contributed by atoms with Gasteiger partial charge in [0.2, 0.25) is 11.8 Å². The molecule has 9 nitrogen and oxygen atoms in total. The number of aromatic nitrogens is 2. The molecule has 0 spiro atoms. The highest BCUT2D eigenvalue weighted by Gasteiger charge is 2.12. The molecule has 144 valence electrons. The topological polar surface area (TPSA) is 125 Å². The lowest BCUT2D eigenvalue weighted by molar-refractivity contribution is -0.117. The van der Waals surface area contributed by atoms with Crippen molar-refractivity contribution in [3.8, 4) is 10.6 Å². The van der Waals surface area contributed by atoms with E-state index < -0.39 is 5.91 Å². The monoisotopic (exact) mass is 399 g/mol. The van der Waals surface area contributed by atoms with Crippen LogP contribution < -0.4 is 16.1 Å². The van der Waals surface area contributed by atoms with Crippen LogP contribution in [0.1, 0.15) is 16.6 Å². The third-order valence-electron chi connectivity index (χ3n) is 3.62. The number of hydroxylamine groups is 1. The lowest BCUT2D eigenvalue weighted by Crippen LogP contribution is -2.19. The number of hydrogen-bond donors (Lipinski definition) is 4. The number of carbonyl (C=O) groups excluding carboxylic acids is 3. The fraction of sp³-hybridized carbons (Fsp3) is 0.111. The van der Waals surface area contributed by atoms with E-state index >= 15 is 0 Å². The van der Waals surface area contributed by atoms with Gasteiger partial charge in [-0.05, 0) is 42.5 Å². The molecule has 2 aromatic heterocycles. The Morgan fingerprint density at radius 2 is 1.71 bits per heavy atom. The second-order valence-corrected chi connectivity index (χ2v) is 6.89. The number of amides is 3. The van der Waals surface area contributed by atoms with Crippen molar-refractivity contribution in [2.24, 2.45) is 0 Å². The molecule has 0 bridgehead atoms. The molecule has 0 saturated carbocycles. The van der Waals surface area contributed by atoms with Gasteiger partial charge in [0, 0.05) is 24.5 Å². The highest BCUT2D eigenvalue weighted by Crippen LogP contribution is 2.26. The smallest absolute Gasteiger partial charge is 0.284 e. The van der Waals surface area contributed by atoms with E-state index in [4.69, 9.17) is 5.21 Å². The molecule has 0 radical (unpaired) electrons. The van der Waals surface area contributed by atoms with Gasteiger partial charge >= 0.3 is 0 Å². The molecule has 0 unspecified atom stereocenters. The highest BCUT2D eigenvalue weighted by atomic mass is 32.1.